The molecule has 0 saturated carbocycles. The van der Waals surface area contributed by atoms with Gasteiger partial charge in [0.15, 0.2) is 0 Å². The average molecular weight is 387 g/mol. The summed E-state index contributed by atoms with van der Waals surface area (Å²) in [6.07, 6.45) is 4.22. The zero-order valence-corrected chi connectivity index (χ0v) is 16.5. The molecule has 2 atom stereocenters. The first-order valence-corrected chi connectivity index (χ1v) is 10.8. The SMILES string of the molecule is CC1C(NC(=O)c2cc3c(N4CCOCC4)csc3cn2)C2CCN1CC2. The number of aromatic nitrogens is 1. The van der Waals surface area contributed by atoms with E-state index in [1.807, 2.05) is 12.3 Å². The Morgan fingerprint density at radius 3 is 2.78 bits per heavy atom. The van der Waals surface area contributed by atoms with Crippen molar-refractivity contribution in [3.05, 3.63) is 23.3 Å². The Hall–Kier alpha value is -1.70. The zero-order chi connectivity index (χ0) is 18.4. The second-order valence-corrected chi connectivity index (χ2v) is 8.81. The van der Waals surface area contributed by atoms with Gasteiger partial charge in [0.1, 0.15) is 5.69 Å². The van der Waals surface area contributed by atoms with Gasteiger partial charge in [-0.05, 0) is 44.8 Å². The van der Waals surface area contributed by atoms with Gasteiger partial charge in [-0.15, -0.1) is 11.3 Å². The first-order valence-electron chi connectivity index (χ1n) is 9.95. The summed E-state index contributed by atoms with van der Waals surface area (Å²) in [6.45, 7) is 7.88. The Kier molecular flexibility index (Phi) is 4.53. The molecular weight excluding hydrogens is 360 g/mol. The van der Waals surface area contributed by atoms with E-state index < -0.39 is 0 Å². The minimum absolute atomic E-state index is 0.0402. The molecule has 144 valence electrons. The van der Waals surface area contributed by atoms with Crippen molar-refractivity contribution in [2.45, 2.75) is 31.8 Å². The van der Waals surface area contributed by atoms with Crippen LogP contribution >= 0.6 is 11.3 Å². The molecule has 1 N–H and O–H groups in total. The Bertz CT molecular complexity index is 838. The molecule has 27 heavy (non-hydrogen) atoms. The number of amides is 1. The van der Waals surface area contributed by atoms with E-state index in [0.717, 1.165) is 36.4 Å². The van der Waals surface area contributed by atoms with Crippen LogP contribution in [0.3, 0.4) is 0 Å². The number of nitrogens with one attached hydrogen (secondary N) is 1. The quantitative estimate of drug-likeness (QED) is 0.878. The van der Waals surface area contributed by atoms with Crippen molar-refractivity contribution in [2.24, 2.45) is 5.92 Å². The van der Waals surface area contributed by atoms with Crippen molar-refractivity contribution in [3.63, 3.8) is 0 Å². The van der Waals surface area contributed by atoms with Crippen LogP contribution in [0.2, 0.25) is 0 Å². The van der Waals surface area contributed by atoms with Gasteiger partial charge in [0.2, 0.25) is 0 Å². The lowest BCUT2D eigenvalue weighted by Crippen LogP contribution is -2.62. The zero-order valence-electron chi connectivity index (χ0n) is 15.7. The Labute approximate surface area is 163 Å². The molecule has 2 aromatic rings. The fraction of sp³-hybridized carbons (Fsp3) is 0.600. The summed E-state index contributed by atoms with van der Waals surface area (Å²) >= 11 is 1.69. The molecule has 4 fully saturated rings. The van der Waals surface area contributed by atoms with Crippen LogP contribution in [0.25, 0.3) is 10.1 Å². The van der Waals surface area contributed by atoms with Crippen LogP contribution in [-0.2, 0) is 4.74 Å². The number of fused-ring (bicyclic) bond motifs is 4. The maximum Gasteiger partial charge on any atom is 0.270 e. The first kappa shape index (κ1) is 17.4. The smallest absolute Gasteiger partial charge is 0.270 e. The number of ether oxygens (including phenoxy) is 1. The number of pyridine rings is 1. The lowest BCUT2D eigenvalue weighted by atomic mass is 9.79. The molecule has 4 saturated heterocycles. The molecule has 2 aromatic heterocycles. The second-order valence-electron chi connectivity index (χ2n) is 7.90. The predicted octanol–water partition coefficient (Wildman–Crippen LogP) is 2.35. The van der Waals surface area contributed by atoms with Gasteiger partial charge >= 0.3 is 0 Å². The lowest BCUT2D eigenvalue weighted by Gasteiger charge is -2.49. The maximum atomic E-state index is 13.0. The van der Waals surface area contributed by atoms with Gasteiger partial charge in [-0.25, -0.2) is 4.98 Å². The minimum atomic E-state index is -0.0402. The van der Waals surface area contributed by atoms with Crippen LogP contribution in [0, 0.1) is 5.92 Å². The van der Waals surface area contributed by atoms with Crippen molar-refractivity contribution in [3.8, 4) is 0 Å². The van der Waals surface area contributed by atoms with Crippen molar-refractivity contribution in [2.75, 3.05) is 44.3 Å². The number of thiophene rings is 1. The van der Waals surface area contributed by atoms with E-state index in [1.54, 1.807) is 11.3 Å². The highest BCUT2D eigenvalue weighted by molar-refractivity contribution is 7.17. The van der Waals surface area contributed by atoms with Crippen molar-refractivity contribution in [1.82, 2.24) is 15.2 Å². The number of nitrogens with zero attached hydrogens (tertiary/aromatic N) is 3. The van der Waals surface area contributed by atoms with E-state index in [2.05, 4.69) is 32.4 Å². The van der Waals surface area contributed by atoms with Crippen LogP contribution in [-0.4, -0.2) is 67.3 Å². The third-order valence-corrected chi connectivity index (χ3v) is 7.42. The molecule has 2 bridgehead atoms. The van der Waals surface area contributed by atoms with Crippen LogP contribution in [0.1, 0.15) is 30.3 Å². The highest BCUT2D eigenvalue weighted by Gasteiger charge is 2.40. The second kappa shape index (κ2) is 7.04. The minimum Gasteiger partial charge on any atom is -0.378 e. The molecule has 7 heteroatoms. The summed E-state index contributed by atoms with van der Waals surface area (Å²) in [5.41, 5.74) is 1.73. The Morgan fingerprint density at radius 2 is 2.04 bits per heavy atom. The molecule has 6 heterocycles. The van der Waals surface area contributed by atoms with Crippen molar-refractivity contribution in [1.29, 1.82) is 0 Å². The number of carbonyl (C=O) groups is 1. The van der Waals surface area contributed by atoms with Gasteiger partial charge < -0.3 is 15.0 Å². The topological polar surface area (TPSA) is 57.7 Å². The summed E-state index contributed by atoms with van der Waals surface area (Å²) in [6, 6.07) is 2.62. The normalized spacial score (nSPS) is 30.6. The number of carbonyl (C=O) groups excluding carboxylic acids is 1. The van der Waals surface area contributed by atoms with Gasteiger partial charge in [-0.3, -0.25) is 9.69 Å². The van der Waals surface area contributed by atoms with E-state index in [0.29, 0.717) is 17.7 Å². The van der Waals surface area contributed by atoms with E-state index in [1.165, 1.54) is 31.6 Å². The summed E-state index contributed by atoms with van der Waals surface area (Å²) in [5.74, 6) is 0.560. The fourth-order valence-corrected chi connectivity index (χ4v) is 5.78. The standard InChI is InChI=1S/C20H26N4O2S/c1-13-19(14-2-4-23(13)5-3-14)22-20(25)16-10-15-17(12-27-18(15)11-21-16)24-6-8-26-9-7-24/h10-14,19H,2-9H2,1H3,(H,22,25). The van der Waals surface area contributed by atoms with E-state index >= 15 is 0 Å². The van der Waals surface area contributed by atoms with E-state index in [4.69, 9.17) is 4.74 Å². The first-order chi connectivity index (χ1) is 13.2. The van der Waals surface area contributed by atoms with Gasteiger partial charge in [-0.1, -0.05) is 0 Å². The van der Waals surface area contributed by atoms with Crippen LogP contribution in [0.15, 0.2) is 17.6 Å². The molecule has 2 unspecified atom stereocenters. The summed E-state index contributed by atoms with van der Waals surface area (Å²) in [5, 5.41) is 6.60. The molecule has 6 nitrogen and oxygen atoms in total. The average Bonchev–Trinajstić information content (AvgIpc) is 3.15. The van der Waals surface area contributed by atoms with Gasteiger partial charge in [0.25, 0.3) is 5.91 Å². The highest BCUT2D eigenvalue weighted by Crippen LogP contribution is 2.34. The van der Waals surface area contributed by atoms with Crippen LogP contribution in [0.4, 0.5) is 5.69 Å². The molecule has 4 aliphatic heterocycles. The number of rotatable bonds is 3. The number of piperidine rings is 3. The number of anilines is 1. The monoisotopic (exact) mass is 386 g/mol. The fourth-order valence-electron chi connectivity index (χ4n) is 4.86. The maximum absolute atomic E-state index is 13.0. The van der Waals surface area contributed by atoms with E-state index in [9.17, 15) is 4.79 Å². The number of hydrogen-bond acceptors (Lipinski definition) is 6. The number of hydrogen-bond donors (Lipinski definition) is 1. The summed E-state index contributed by atoms with van der Waals surface area (Å²) < 4.78 is 6.60. The van der Waals surface area contributed by atoms with Crippen molar-refractivity contribution < 1.29 is 9.53 Å². The largest absolute Gasteiger partial charge is 0.378 e. The number of morpholine rings is 1. The summed E-state index contributed by atoms with van der Waals surface area (Å²) in [7, 11) is 0. The predicted molar refractivity (Wildman–Crippen MR) is 108 cm³/mol. The third kappa shape index (κ3) is 3.11. The lowest BCUT2D eigenvalue weighted by molar-refractivity contribution is 0.0216. The molecule has 0 radical (unpaired) electrons. The summed E-state index contributed by atoms with van der Waals surface area (Å²) in [4.78, 5) is 22.3. The molecular formula is C20H26N4O2S. The molecule has 1 amide bonds. The Morgan fingerprint density at radius 1 is 1.26 bits per heavy atom. The molecule has 6 rings (SSSR count). The molecule has 0 spiro atoms. The van der Waals surface area contributed by atoms with Crippen molar-refractivity contribution >= 4 is 33.0 Å². The molecule has 0 aromatic carbocycles. The van der Waals surface area contributed by atoms with E-state index in [-0.39, 0.29) is 11.9 Å². The molecule has 4 aliphatic rings. The molecule has 0 aliphatic carbocycles. The Balaban J connectivity index is 1.38. The van der Waals surface area contributed by atoms with Gasteiger partial charge in [0, 0.05) is 42.1 Å². The van der Waals surface area contributed by atoms with Gasteiger partial charge in [0.05, 0.1) is 23.6 Å². The third-order valence-electron chi connectivity index (χ3n) is 6.50. The highest BCUT2D eigenvalue weighted by atomic mass is 32.1. The van der Waals surface area contributed by atoms with Crippen LogP contribution in [0.5, 0.6) is 0 Å². The van der Waals surface area contributed by atoms with Gasteiger partial charge in [-0.2, -0.15) is 0 Å². The van der Waals surface area contributed by atoms with Crippen LogP contribution < -0.4 is 10.2 Å².